The van der Waals surface area contributed by atoms with Crippen LogP contribution in [-0.4, -0.2) is 22.5 Å². The van der Waals surface area contributed by atoms with E-state index in [0.717, 1.165) is 10.8 Å². The zero-order valence-electron chi connectivity index (χ0n) is 12.3. The number of nitrogens with zero attached hydrogens (tertiary/aromatic N) is 2. The second-order valence-corrected chi connectivity index (χ2v) is 5.21. The highest BCUT2D eigenvalue weighted by atomic mass is 16.5. The summed E-state index contributed by atoms with van der Waals surface area (Å²) in [6.45, 7) is 0. The Morgan fingerprint density at radius 2 is 1.87 bits per heavy atom. The smallest absolute Gasteiger partial charge is 0.341 e. The summed E-state index contributed by atoms with van der Waals surface area (Å²) in [5, 5.41) is 2.39. The number of carbonyl (C=O) groups is 1. The predicted molar refractivity (Wildman–Crippen MR) is 87.8 cm³/mol. The zero-order chi connectivity index (χ0) is 16.0. The molecule has 0 radical (unpaired) electrons. The molecule has 0 aliphatic rings. The molecule has 0 fully saturated rings. The first-order valence-corrected chi connectivity index (χ1v) is 7.12. The van der Waals surface area contributed by atoms with Crippen LogP contribution in [0.2, 0.25) is 0 Å². The van der Waals surface area contributed by atoms with Crippen molar-refractivity contribution < 1.29 is 9.53 Å². The van der Waals surface area contributed by atoms with E-state index in [4.69, 9.17) is 4.74 Å². The predicted octanol–water partition coefficient (Wildman–Crippen LogP) is 2.79. The lowest BCUT2D eigenvalue weighted by atomic mass is 10.1. The third kappa shape index (κ3) is 1.90. The topological polar surface area (TPSA) is 60.7 Å². The molecule has 0 bridgehead atoms. The van der Waals surface area contributed by atoms with Crippen LogP contribution >= 0.6 is 0 Å². The van der Waals surface area contributed by atoms with E-state index in [1.54, 1.807) is 24.4 Å². The van der Waals surface area contributed by atoms with Gasteiger partial charge in [-0.05, 0) is 23.6 Å². The molecule has 0 unspecified atom stereocenters. The quantitative estimate of drug-likeness (QED) is 0.308. The number of rotatable bonds is 1. The molecule has 0 amide bonds. The Labute approximate surface area is 130 Å². The second kappa shape index (κ2) is 4.91. The van der Waals surface area contributed by atoms with Gasteiger partial charge in [0.2, 0.25) is 0 Å². The number of benzene rings is 2. The molecule has 2 aromatic carbocycles. The van der Waals surface area contributed by atoms with E-state index >= 15 is 0 Å². The SMILES string of the molecule is COC(=O)c1cccn2c(=O)c3ccc4ccccc4c3nc12. The highest BCUT2D eigenvalue weighted by Crippen LogP contribution is 2.23. The molecule has 2 aromatic heterocycles. The van der Waals surface area contributed by atoms with E-state index in [9.17, 15) is 9.59 Å². The molecule has 0 saturated heterocycles. The van der Waals surface area contributed by atoms with E-state index in [1.165, 1.54) is 11.5 Å². The standard InChI is InChI=1S/C18H12N2O3/c1-23-18(22)14-7-4-10-20-16(14)19-15-12-6-3-2-5-11(12)8-9-13(15)17(20)21/h2-10H,1H3. The maximum absolute atomic E-state index is 12.8. The average molecular weight is 304 g/mol. The summed E-state index contributed by atoms with van der Waals surface area (Å²) in [6, 6.07) is 14.6. The molecule has 0 N–H and O–H groups in total. The number of carbonyl (C=O) groups excluding carboxylic acids is 1. The summed E-state index contributed by atoms with van der Waals surface area (Å²) < 4.78 is 6.17. The third-order valence-electron chi connectivity index (χ3n) is 3.94. The van der Waals surface area contributed by atoms with Gasteiger partial charge in [-0.2, -0.15) is 0 Å². The Balaban J connectivity index is 2.26. The molecule has 5 heteroatoms. The minimum atomic E-state index is -0.519. The number of pyridine rings is 1. The maximum Gasteiger partial charge on any atom is 0.341 e. The first-order valence-electron chi connectivity index (χ1n) is 7.12. The van der Waals surface area contributed by atoms with Gasteiger partial charge in [-0.3, -0.25) is 9.20 Å². The summed E-state index contributed by atoms with van der Waals surface area (Å²) in [5.41, 5.74) is 0.945. The minimum Gasteiger partial charge on any atom is -0.465 e. The lowest BCUT2D eigenvalue weighted by Crippen LogP contribution is -2.18. The number of hydrogen-bond donors (Lipinski definition) is 0. The summed E-state index contributed by atoms with van der Waals surface area (Å²) in [6.07, 6.45) is 1.60. The number of methoxy groups -OCH3 is 1. The Morgan fingerprint density at radius 3 is 2.70 bits per heavy atom. The number of aromatic nitrogens is 2. The minimum absolute atomic E-state index is 0.207. The van der Waals surface area contributed by atoms with E-state index in [2.05, 4.69) is 4.98 Å². The van der Waals surface area contributed by atoms with Crippen molar-refractivity contribution in [3.05, 3.63) is 70.6 Å². The first-order chi connectivity index (χ1) is 11.2. The molecule has 112 valence electrons. The normalized spacial score (nSPS) is 11.2. The molecule has 0 aliphatic carbocycles. The average Bonchev–Trinajstić information content (AvgIpc) is 2.60. The van der Waals surface area contributed by atoms with Crippen molar-refractivity contribution in [2.75, 3.05) is 7.11 Å². The van der Waals surface area contributed by atoms with E-state index in [-0.39, 0.29) is 11.1 Å². The van der Waals surface area contributed by atoms with Crippen LogP contribution in [0.4, 0.5) is 0 Å². The fourth-order valence-corrected chi connectivity index (χ4v) is 2.83. The monoisotopic (exact) mass is 304 g/mol. The molecule has 4 rings (SSSR count). The van der Waals surface area contributed by atoms with Gasteiger partial charge in [-0.25, -0.2) is 9.78 Å². The number of fused-ring (bicyclic) bond motifs is 4. The number of ether oxygens (including phenoxy) is 1. The van der Waals surface area contributed by atoms with Crippen LogP contribution < -0.4 is 5.56 Å². The second-order valence-electron chi connectivity index (χ2n) is 5.21. The molecule has 23 heavy (non-hydrogen) atoms. The van der Waals surface area contributed by atoms with Gasteiger partial charge < -0.3 is 4.74 Å². The van der Waals surface area contributed by atoms with Gasteiger partial charge in [-0.15, -0.1) is 0 Å². The molecule has 5 nitrogen and oxygen atoms in total. The van der Waals surface area contributed by atoms with Gasteiger partial charge >= 0.3 is 5.97 Å². The van der Waals surface area contributed by atoms with Crippen molar-refractivity contribution >= 4 is 33.3 Å². The van der Waals surface area contributed by atoms with Crippen molar-refractivity contribution in [1.82, 2.24) is 9.38 Å². The fraction of sp³-hybridized carbons (Fsp3) is 0.0556. The van der Waals surface area contributed by atoms with Crippen LogP contribution in [0.1, 0.15) is 10.4 Å². The van der Waals surface area contributed by atoms with Gasteiger partial charge in [0.15, 0.2) is 5.65 Å². The van der Waals surface area contributed by atoms with Crippen molar-refractivity contribution in [3.8, 4) is 0 Å². The summed E-state index contributed by atoms with van der Waals surface area (Å²) >= 11 is 0. The lowest BCUT2D eigenvalue weighted by molar-refractivity contribution is 0.0602. The van der Waals surface area contributed by atoms with Crippen LogP contribution in [-0.2, 0) is 4.74 Å². The number of esters is 1. The first kappa shape index (κ1) is 13.5. The van der Waals surface area contributed by atoms with Crippen LogP contribution in [0, 0.1) is 0 Å². The summed E-state index contributed by atoms with van der Waals surface area (Å²) in [5.74, 6) is -0.519. The fourth-order valence-electron chi connectivity index (χ4n) is 2.83. The van der Waals surface area contributed by atoms with Gasteiger partial charge in [0.25, 0.3) is 5.56 Å². The molecule has 0 spiro atoms. The number of hydrogen-bond acceptors (Lipinski definition) is 4. The van der Waals surface area contributed by atoms with E-state index < -0.39 is 5.97 Å². The summed E-state index contributed by atoms with van der Waals surface area (Å²) in [7, 11) is 1.31. The molecule has 0 aliphatic heterocycles. The van der Waals surface area contributed by atoms with Crippen LogP contribution in [0.25, 0.3) is 27.3 Å². The van der Waals surface area contributed by atoms with Gasteiger partial charge in [0.1, 0.15) is 5.56 Å². The summed E-state index contributed by atoms with van der Waals surface area (Å²) in [4.78, 5) is 29.3. The van der Waals surface area contributed by atoms with Crippen LogP contribution in [0.15, 0.2) is 59.5 Å². The maximum atomic E-state index is 12.8. The molecule has 2 heterocycles. The van der Waals surface area contributed by atoms with E-state index in [1.807, 2.05) is 30.3 Å². The largest absolute Gasteiger partial charge is 0.465 e. The Kier molecular flexibility index (Phi) is 2.87. The Morgan fingerprint density at radius 1 is 1.04 bits per heavy atom. The highest BCUT2D eigenvalue weighted by molar-refractivity contribution is 6.06. The highest BCUT2D eigenvalue weighted by Gasteiger charge is 2.15. The molecule has 0 atom stereocenters. The van der Waals surface area contributed by atoms with Crippen molar-refractivity contribution in [3.63, 3.8) is 0 Å². The van der Waals surface area contributed by atoms with Crippen molar-refractivity contribution in [2.45, 2.75) is 0 Å². The van der Waals surface area contributed by atoms with Gasteiger partial charge in [-0.1, -0.05) is 30.3 Å². The Bertz CT molecular complexity index is 1150. The van der Waals surface area contributed by atoms with Crippen molar-refractivity contribution in [1.29, 1.82) is 0 Å². The molecule has 4 aromatic rings. The van der Waals surface area contributed by atoms with E-state index in [0.29, 0.717) is 16.6 Å². The lowest BCUT2D eigenvalue weighted by Gasteiger charge is -2.08. The molecular formula is C18H12N2O3. The van der Waals surface area contributed by atoms with Crippen molar-refractivity contribution in [2.24, 2.45) is 0 Å². The zero-order valence-corrected chi connectivity index (χ0v) is 12.3. The third-order valence-corrected chi connectivity index (χ3v) is 3.94. The molecule has 0 saturated carbocycles. The Hall–Kier alpha value is -3.21. The molecular weight excluding hydrogens is 292 g/mol. The van der Waals surface area contributed by atoms with Crippen LogP contribution in [0.3, 0.4) is 0 Å². The van der Waals surface area contributed by atoms with Gasteiger partial charge in [0, 0.05) is 11.6 Å². The van der Waals surface area contributed by atoms with Crippen LogP contribution in [0.5, 0.6) is 0 Å². The van der Waals surface area contributed by atoms with Gasteiger partial charge in [0.05, 0.1) is 18.0 Å².